The first-order valence-corrected chi connectivity index (χ1v) is 6.30. The van der Waals surface area contributed by atoms with Gasteiger partial charge in [0.25, 0.3) is 0 Å². The highest BCUT2D eigenvalue weighted by atomic mass is 16.5. The van der Waals surface area contributed by atoms with Crippen LogP contribution in [0.3, 0.4) is 0 Å². The molecule has 0 spiro atoms. The molecule has 0 aromatic rings. The van der Waals surface area contributed by atoms with Crippen LogP contribution in [0, 0.1) is 0 Å². The summed E-state index contributed by atoms with van der Waals surface area (Å²) in [5.74, 6) is -0.374. The molecule has 0 fully saturated rings. The van der Waals surface area contributed by atoms with Crippen molar-refractivity contribution in [3.05, 3.63) is 12.2 Å². The van der Waals surface area contributed by atoms with Crippen LogP contribution < -0.4 is 0 Å². The highest BCUT2D eigenvalue weighted by Crippen LogP contribution is 1.97. The van der Waals surface area contributed by atoms with E-state index in [1.165, 1.54) is 14.2 Å². The molecule has 0 aromatic heterocycles. The quantitative estimate of drug-likeness (QED) is 0.294. The Balaban J connectivity index is 0. The van der Waals surface area contributed by atoms with Crippen LogP contribution in [0.1, 0.15) is 45.4 Å². The summed E-state index contributed by atoms with van der Waals surface area (Å²) in [5.41, 5.74) is 0. The third-order valence-electron chi connectivity index (χ3n) is 2.15. The van der Waals surface area contributed by atoms with Crippen LogP contribution in [0.2, 0.25) is 0 Å². The van der Waals surface area contributed by atoms with Crippen LogP contribution in [0.15, 0.2) is 12.2 Å². The maximum Gasteiger partial charge on any atom is 0.305 e. The van der Waals surface area contributed by atoms with E-state index in [2.05, 4.69) is 9.47 Å². The van der Waals surface area contributed by atoms with Crippen molar-refractivity contribution in [1.82, 2.24) is 0 Å². The van der Waals surface area contributed by atoms with Crippen LogP contribution in [0.4, 0.5) is 0 Å². The normalized spacial score (nSPS) is 9.42. The molecule has 0 bridgehead atoms. The minimum Gasteiger partial charge on any atom is -0.469 e. The van der Waals surface area contributed by atoms with Gasteiger partial charge in [-0.2, -0.15) is 0 Å². The zero-order chi connectivity index (χ0) is 14.9. The molecule has 19 heavy (non-hydrogen) atoms. The van der Waals surface area contributed by atoms with Crippen molar-refractivity contribution in [2.45, 2.75) is 45.4 Å². The Morgan fingerprint density at radius 2 is 1.42 bits per heavy atom. The molecular weight excluding hydrogens is 248 g/mol. The number of hydrogen-bond donors (Lipinski definition) is 0. The Labute approximate surface area is 115 Å². The molecule has 0 saturated heterocycles. The van der Waals surface area contributed by atoms with E-state index in [1.54, 1.807) is 0 Å². The predicted molar refractivity (Wildman–Crippen MR) is 72.6 cm³/mol. The van der Waals surface area contributed by atoms with E-state index in [0.717, 1.165) is 19.1 Å². The largest absolute Gasteiger partial charge is 0.469 e. The number of carbonyl (C=O) groups excluding carboxylic acids is 3. The summed E-state index contributed by atoms with van der Waals surface area (Å²) in [5, 5.41) is 0. The third kappa shape index (κ3) is 18.9. The van der Waals surface area contributed by atoms with Gasteiger partial charge in [0.2, 0.25) is 0 Å². The fourth-order valence-corrected chi connectivity index (χ4v) is 1.06. The van der Waals surface area contributed by atoms with E-state index >= 15 is 0 Å². The molecular formula is C14H24O5. The highest BCUT2D eigenvalue weighted by Gasteiger charge is 1.97. The van der Waals surface area contributed by atoms with E-state index in [0.29, 0.717) is 25.7 Å². The SMILES string of the molecule is C/C=C/CCCC(=O)OC.COC(=O)CCCC=O. The molecule has 0 aromatic carbocycles. The Morgan fingerprint density at radius 1 is 0.947 bits per heavy atom. The number of methoxy groups -OCH3 is 2. The number of allylic oxidation sites excluding steroid dienone is 2. The number of ether oxygens (including phenoxy) is 2. The number of hydrogen-bond acceptors (Lipinski definition) is 5. The molecule has 0 heterocycles. The zero-order valence-corrected chi connectivity index (χ0v) is 12.0. The standard InChI is InChI=1S/C8H14O2.C6H10O3/c1-3-4-5-6-7-8(9)10-2;1-9-6(8)4-2-3-5-7/h3-4H,5-7H2,1-2H3;5H,2-4H2,1H3/b4-3+;. The number of aldehydes is 1. The Bertz CT molecular complexity index is 271. The first-order chi connectivity index (χ1) is 9.12. The maximum absolute atomic E-state index is 10.5. The molecule has 0 N–H and O–H groups in total. The van der Waals surface area contributed by atoms with Crippen LogP contribution in [-0.4, -0.2) is 32.4 Å². The summed E-state index contributed by atoms with van der Waals surface area (Å²) >= 11 is 0. The molecule has 0 aliphatic heterocycles. The van der Waals surface area contributed by atoms with Gasteiger partial charge in [0.15, 0.2) is 0 Å². The lowest BCUT2D eigenvalue weighted by Crippen LogP contribution is -1.99. The van der Waals surface area contributed by atoms with Gasteiger partial charge in [0, 0.05) is 19.3 Å². The van der Waals surface area contributed by atoms with E-state index in [4.69, 9.17) is 0 Å². The third-order valence-corrected chi connectivity index (χ3v) is 2.15. The molecule has 0 radical (unpaired) electrons. The zero-order valence-electron chi connectivity index (χ0n) is 12.0. The van der Waals surface area contributed by atoms with Crippen molar-refractivity contribution in [2.24, 2.45) is 0 Å². The van der Waals surface area contributed by atoms with Gasteiger partial charge in [-0.1, -0.05) is 12.2 Å². The van der Waals surface area contributed by atoms with Crippen molar-refractivity contribution < 1.29 is 23.9 Å². The molecule has 0 aliphatic carbocycles. The maximum atomic E-state index is 10.5. The van der Waals surface area contributed by atoms with Crippen molar-refractivity contribution in [3.8, 4) is 0 Å². The molecule has 5 nitrogen and oxygen atoms in total. The minimum atomic E-state index is -0.253. The molecule has 0 aliphatic rings. The number of esters is 2. The fraction of sp³-hybridized carbons (Fsp3) is 0.643. The van der Waals surface area contributed by atoms with Crippen molar-refractivity contribution in [3.63, 3.8) is 0 Å². The second-order valence-electron chi connectivity index (χ2n) is 3.67. The molecule has 110 valence electrons. The van der Waals surface area contributed by atoms with E-state index in [9.17, 15) is 14.4 Å². The van der Waals surface area contributed by atoms with Gasteiger partial charge in [-0.05, 0) is 26.2 Å². The first-order valence-electron chi connectivity index (χ1n) is 6.30. The number of rotatable bonds is 8. The van der Waals surface area contributed by atoms with Gasteiger partial charge in [0.05, 0.1) is 14.2 Å². The van der Waals surface area contributed by atoms with Crippen LogP contribution in [0.5, 0.6) is 0 Å². The van der Waals surface area contributed by atoms with Gasteiger partial charge >= 0.3 is 11.9 Å². The van der Waals surface area contributed by atoms with Crippen LogP contribution in [-0.2, 0) is 23.9 Å². The molecule has 0 rings (SSSR count). The highest BCUT2D eigenvalue weighted by molar-refractivity contribution is 5.69. The Hall–Kier alpha value is -1.65. The fourth-order valence-electron chi connectivity index (χ4n) is 1.06. The Kier molecular flexibility index (Phi) is 16.9. The van der Waals surface area contributed by atoms with Crippen molar-refractivity contribution >= 4 is 18.2 Å². The number of carbonyl (C=O) groups is 3. The Morgan fingerprint density at radius 3 is 1.79 bits per heavy atom. The summed E-state index contributed by atoms with van der Waals surface area (Å²) in [6.07, 6.45) is 8.58. The van der Waals surface area contributed by atoms with Crippen molar-refractivity contribution in [1.29, 1.82) is 0 Å². The predicted octanol–water partition coefficient (Wildman–Crippen LogP) is 2.43. The molecule has 0 unspecified atom stereocenters. The lowest BCUT2D eigenvalue weighted by molar-refractivity contribution is -0.141. The van der Waals surface area contributed by atoms with Gasteiger partial charge in [-0.15, -0.1) is 0 Å². The molecule has 0 saturated carbocycles. The minimum absolute atomic E-state index is 0.121. The van der Waals surface area contributed by atoms with Gasteiger partial charge in [0.1, 0.15) is 6.29 Å². The van der Waals surface area contributed by atoms with Crippen LogP contribution in [0.25, 0.3) is 0 Å². The summed E-state index contributed by atoms with van der Waals surface area (Å²) < 4.78 is 8.81. The van der Waals surface area contributed by atoms with Crippen LogP contribution >= 0.6 is 0 Å². The van der Waals surface area contributed by atoms with Gasteiger partial charge in [-0.25, -0.2) is 0 Å². The van der Waals surface area contributed by atoms with E-state index < -0.39 is 0 Å². The second-order valence-corrected chi connectivity index (χ2v) is 3.67. The average molecular weight is 272 g/mol. The second kappa shape index (κ2) is 16.4. The topological polar surface area (TPSA) is 69.7 Å². The van der Waals surface area contributed by atoms with Gasteiger partial charge < -0.3 is 14.3 Å². The first kappa shape index (κ1) is 19.7. The smallest absolute Gasteiger partial charge is 0.305 e. The molecule has 0 atom stereocenters. The van der Waals surface area contributed by atoms with E-state index in [1.807, 2.05) is 19.1 Å². The monoisotopic (exact) mass is 272 g/mol. The van der Waals surface area contributed by atoms with Crippen molar-refractivity contribution in [2.75, 3.05) is 14.2 Å². The number of unbranched alkanes of at least 4 members (excludes halogenated alkanes) is 2. The molecule has 5 heteroatoms. The average Bonchev–Trinajstić information content (AvgIpc) is 2.44. The molecule has 0 amide bonds. The van der Waals surface area contributed by atoms with Gasteiger partial charge in [-0.3, -0.25) is 9.59 Å². The lowest BCUT2D eigenvalue weighted by atomic mass is 10.2. The summed E-state index contributed by atoms with van der Waals surface area (Å²) in [7, 11) is 2.75. The van der Waals surface area contributed by atoms with E-state index in [-0.39, 0.29) is 11.9 Å². The lowest BCUT2D eigenvalue weighted by Gasteiger charge is -1.94. The summed E-state index contributed by atoms with van der Waals surface area (Å²) in [6, 6.07) is 0. The summed E-state index contributed by atoms with van der Waals surface area (Å²) in [6.45, 7) is 1.97. The summed E-state index contributed by atoms with van der Waals surface area (Å²) in [4.78, 5) is 30.6.